The molecule has 0 spiro atoms. The van der Waals surface area contributed by atoms with Crippen LogP contribution in [0, 0.1) is 0 Å². The fourth-order valence-electron chi connectivity index (χ4n) is 2.14. The number of hydrogen-bond acceptors (Lipinski definition) is 2. The van der Waals surface area contributed by atoms with Crippen LogP contribution >= 0.6 is 0 Å². The first-order valence-corrected chi connectivity index (χ1v) is 5.07. The SMILES string of the molecule is O=C1C2=Cc3cccc(O)c3C2=C(F)C(F)=C1F. The van der Waals surface area contributed by atoms with Crippen LogP contribution in [-0.2, 0) is 4.79 Å². The maximum atomic E-state index is 13.7. The van der Waals surface area contributed by atoms with Crippen molar-refractivity contribution in [3.63, 3.8) is 0 Å². The highest BCUT2D eigenvalue weighted by molar-refractivity contribution is 6.26. The highest BCUT2D eigenvalue weighted by Crippen LogP contribution is 2.48. The molecule has 3 rings (SSSR count). The van der Waals surface area contributed by atoms with Crippen molar-refractivity contribution >= 4 is 17.4 Å². The molecule has 5 heteroatoms. The largest absolute Gasteiger partial charge is 0.507 e. The van der Waals surface area contributed by atoms with E-state index in [0.29, 0.717) is 5.56 Å². The number of Topliss-reactive ketones (excluding diaryl/α,β-unsaturated/α-hetero) is 1. The fraction of sp³-hybridized carbons (Fsp3) is 0. The Bertz CT molecular complexity index is 696. The quantitative estimate of drug-likeness (QED) is 0.767. The summed E-state index contributed by atoms with van der Waals surface area (Å²) < 4.78 is 40.1. The molecule has 1 N–H and O–H groups in total. The van der Waals surface area contributed by atoms with Gasteiger partial charge in [0.05, 0.1) is 0 Å². The highest BCUT2D eigenvalue weighted by Gasteiger charge is 2.38. The third-order valence-corrected chi connectivity index (χ3v) is 2.94. The lowest BCUT2D eigenvalue weighted by molar-refractivity contribution is -0.113. The predicted molar refractivity (Wildman–Crippen MR) is 58.4 cm³/mol. The van der Waals surface area contributed by atoms with Crippen molar-refractivity contribution in [3.8, 4) is 5.75 Å². The molecule has 90 valence electrons. The van der Waals surface area contributed by atoms with E-state index in [0.717, 1.165) is 0 Å². The fourth-order valence-corrected chi connectivity index (χ4v) is 2.14. The number of benzene rings is 1. The smallest absolute Gasteiger partial charge is 0.225 e. The first-order chi connectivity index (χ1) is 8.52. The van der Waals surface area contributed by atoms with E-state index in [9.17, 15) is 23.1 Å². The Balaban J connectivity index is 2.39. The van der Waals surface area contributed by atoms with Gasteiger partial charge in [-0.25, -0.2) is 8.78 Å². The number of fused-ring (bicyclic) bond motifs is 3. The van der Waals surface area contributed by atoms with Gasteiger partial charge in [-0.2, -0.15) is 4.39 Å². The second-order valence-corrected chi connectivity index (χ2v) is 3.95. The summed E-state index contributed by atoms with van der Waals surface area (Å²) in [5.74, 6) is -6.51. The van der Waals surface area contributed by atoms with Gasteiger partial charge >= 0.3 is 0 Å². The van der Waals surface area contributed by atoms with Crippen molar-refractivity contribution < 1.29 is 23.1 Å². The van der Waals surface area contributed by atoms with E-state index in [2.05, 4.69) is 0 Å². The Morgan fingerprint density at radius 1 is 1.00 bits per heavy atom. The third-order valence-electron chi connectivity index (χ3n) is 2.94. The summed E-state index contributed by atoms with van der Waals surface area (Å²) in [7, 11) is 0. The number of ketones is 1. The summed E-state index contributed by atoms with van der Waals surface area (Å²) in [4.78, 5) is 11.5. The molecule has 2 aliphatic rings. The first-order valence-electron chi connectivity index (χ1n) is 5.07. The van der Waals surface area contributed by atoms with Gasteiger partial charge in [0.2, 0.25) is 11.6 Å². The number of carbonyl (C=O) groups is 1. The number of carbonyl (C=O) groups excluding carboxylic acids is 1. The van der Waals surface area contributed by atoms with Crippen molar-refractivity contribution in [1.82, 2.24) is 0 Å². The molecule has 0 atom stereocenters. The second-order valence-electron chi connectivity index (χ2n) is 3.95. The number of phenolic OH excluding ortho intramolecular Hbond substituents is 1. The molecule has 0 amide bonds. The minimum Gasteiger partial charge on any atom is -0.507 e. The first kappa shape index (κ1) is 10.8. The van der Waals surface area contributed by atoms with Crippen molar-refractivity contribution in [1.29, 1.82) is 0 Å². The van der Waals surface area contributed by atoms with Gasteiger partial charge in [0.25, 0.3) is 0 Å². The normalized spacial score (nSPS) is 17.9. The average molecular weight is 250 g/mol. The second kappa shape index (κ2) is 3.35. The topological polar surface area (TPSA) is 37.3 Å². The van der Waals surface area contributed by atoms with Crippen LogP contribution in [0.1, 0.15) is 11.1 Å². The summed E-state index contributed by atoms with van der Waals surface area (Å²) in [5, 5.41) is 9.65. The molecule has 0 saturated carbocycles. The van der Waals surface area contributed by atoms with Gasteiger partial charge in [-0.1, -0.05) is 12.1 Å². The van der Waals surface area contributed by atoms with Gasteiger partial charge in [-0.3, -0.25) is 4.79 Å². The zero-order chi connectivity index (χ0) is 13.0. The van der Waals surface area contributed by atoms with Crippen molar-refractivity contribution in [3.05, 3.63) is 52.4 Å². The Kier molecular flexibility index (Phi) is 2.02. The number of rotatable bonds is 0. The number of allylic oxidation sites excluding steroid dienone is 5. The molecule has 1 aromatic carbocycles. The molecule has 0 saturated heterocycles. The number of aromatic hydroxyl groups is 1. The average Bonchev–Trinajstić information content (AvgIpc) is 2.75. The minimum atomic E-state index is -1.82. The van der Waals surface area contributed by atoms with Crippen molar-refractivity contribution in [2.75, 3.05) is 0 Å². The van der Waals surface area contributed by atoms with E-state index in [1.54, 1.807) is 0 Å². The predicted octanol–water partition coefficient (Wildman–Crippen LogP) is 3.20. The van der Waals surface area contributed by atoms with Crippen LogP contribution in [0.2, 0.25) is 0 Å². The maximum absolute atomic E-state index is 13.7. The van der Waals surface area contributed by atoms with E-state index >= 15 is 0 Å². The van der Waals surface area contributed by atoms with Gasteiger partial charge in [0, 0.05) is 16.7 Å². The summed E-state index contributed by atoms with van der Waals surface area (Å²) >= 11 is 0. The summed E-state index contributed by atoms with van der Waals surface area (Å²) in [6.45, 7) is 0. The van der Waals surface area contributed by atoms with E-state index in [-0.39, 0.29) is 22.5 Å². The van der Waals surface area contributed by atoms with E-state index in [4.69, 9.17) is 0 Å². The molecule has 0 aliphatic heterocycles. The minimum absolute atomic E-state index is 0.0148. The monoisotopic (exact) mass is 250 g/mol. The molecule has 1 aromatic rings. The number of halogens is 3. The Labute approximate surface area is 99.4 Å². The van der Waals surface area contributed by atoms with Gasteiger partial charge in [-0.05, 0) is 17.7 Å². The lowest BCUT2D eigenvalue weighted by Gasteiger charge is -2.13. The van der Waals surface area contributed by atoms with Crippen LogP contribution < -0.4 is 0 Å². The maximum Gasteiger partial charge on any atom is 0.225 e. The van der Waals surface area contributed by atoms with Crippen LogP contribution in [0.15, 0.2) is 41.3 Å². The molecule has 0 aromatic heterocycles. The van der Waals surface area contributed by atoms with Crippen LogP contribution in [0.5, 0.6) is 5.75 Å². The molecular formula is C13H5F3O2. The Morgan fingerprint density at radius 3 is 2.44 bits per heavy atom. The van der Waals surface area contributed by atoms with Gasteiger partial charge < -0.3 is 5.11 Å². The lowest BCUT2D eigenvalue weighted by atomic mass is 9.93. The summed E-state index contributed by atoms with van der Waals surface area (Å²) in [6.07, 6.45) is 1.23. The molecule has 0 heterocycles. The van der Waals surface area contributed by atoms with E-state index < -0.39 is 23.3 Å². The number of phenols is 1. The van der Waals surface area contributed by atoms with E-state index in [1.165, 1.54) is 24.3 Å². The van der Waals surface area contributed by atoms with Crippen LogP contribution in [0.3, 0.4) is 0 Å². The molecule has 0 bridgehead atoms. The third kappa shape index (κ3) is 1.16. The van der Waals surface area contributed by atoms with Crippen LogP contribution in [0.4, 0.5) is 13.2 Å². The van der Waals surface area contributed by atoms with Crippen molar-refractivity contribution in [2.45, 2.75) is 0 Å². The Hall–Kier alpha value is -2.30. The van der Waals surface area contributed by atoms with Crippen LogP contribution in [-0.4, -0.2) is 10.9 Å². The molecule has 18 heavy (non-hydrogen) atoms. The molecular weight excluding hydrogens is 245 g/mol. The van der Waals surface area contributed by atoms with Crippen molar-refractivity contribution in [2.24, 2.45) is 0 Å². The number of hydrogen-bond donors (Lipinski definition) is 1. The van der Waals surface area contributed by atoms with E-state index in [1.807, 2.05) is 0 Å². The lowest BCUT2D eigenvalue weighted by Crippen LogP contribution is -2.11. The molecule has 2 aliphatic carbocycles. The zero-order valence-electron chi connectivity index (χ0n) is 8.80. The van der Waals surface area contributed by atoms with Gasteiger partial charge in [0.1, 0.15) is 5.75 Å². The summed E-state index contributed by atoms with van der Waals surface area (Å²) in [5.41, 5.74) is -0.290. The van der Waals surface area contributed by atoms with Gasteiger partial charge in [-0.15, -0.1) is 0 Å². The van der Waals surface area contributed by atoms with Gasteiger partial charge in [0.15, 0.2) is 11.7 Å². The summed E-state index contributed by atoms with van der Waals surface area (Å²) in [6, 6.07) is 4.29. The highest BCUT2D eigenvalue weighted by atomic mass is 19.2. The standard InChI is InChI=1S/C13H5F3O2/c14-10-9-6(13(18)12(16)11(10)15)4-5-2-1-3-7(17)8(5)9/h1-4,17H. The molecule has 0 fully saturated rings. The molecule has 0 unspecified atom stereocenters. The Morgan fingerprint density at radius 2 is 1.72 bits per heavy atom. The molecule has 0 radical (unpaired) electrons. The van der Waals surface area contributed by atoms with Crippen LogP contribution in [0.25, 0.3) is 11.6 Å². The zero-order valence-corrected chi connectivity index (χ0v) is 8.80. The molecule has 2 nitrogen and oxygen atoms in total.